The maximum Gasteiger partial charge on any atom is 0.425 e. The van der Waals surface area contributed by atoms with Gasteiger partial charge in [0.05, 0.1) is 18.3 Å². The molecule has 2 aromatic rings. The second kappa shape index (κ2) is 20.5. The standard InChI is InChI=1S/C41H56N6O10S2.O3S/c1-24(2)27-19-29-33(20-34(27)57-10)47(9)36(41(29,6)7)15-13-11-12-14-35-40(4,5)28-18-26(16-17-32(28)46(35)8)21-43-37(48)25(3)44-39(50)31(23-59(54,55)56)45-38(49)30(42)22-58(51,52)53;1-4(2)3/h11-20,24-25,30-31H,21-23,42H2,1-10H3,(H4-,43,44,45,48,49,50,51,52,53,54,55,56);/p+1. The van der Waals surface area contributed by atoms with Gasteiger partial charge in [-0.15, -0.1) is 12.6 Å². The normalized spacial score (nSPS) is 17.5. The molecule has 0 aliphatic carbocycles. The van der Waals surface area contributed by atoms with Crippen molar-refractivity contribution in [1.29, 1.82) is 0 Å². The van der Waals surface area contributed by atoms with Crippen molar-refractivity contribution in [3.8, 4) is 5.75 Å². The van der Waals surface area contributed by atoms with Gasteiger partial charge < -0.3 is 31.3 Å². The van der Waals surface area contributed by atoms with Crippen LogP contribution in [0.4, 0.5) is 11.4 Å². The Morgan fingerprint density at radius 3 is 2.03 bits per heavy atom. The SMILES string of the molecule is COc1cc2c(cc1C(C)C)C(C)(C)\C(=C/C=C/C=C/C1=[N+](C)c3ccc(CNC(=O)C(C)NC(=O)C(CS(=O)(=O)O)NC(=O)C(N)CS(=O)(=O)O)cc3C1(C)C)N2C.O=S(=O)=O. The lowest BCUT2D eigenvalue weighted by Gasteiger charge is -2.24. The van der Waals surface area contributed by atoms with Gasteiger partial charge in [-0.3, -0.25) is 23.5 Å². The Balaban J connectivity index is 0.00000253. The summed E-state index contributed by atoms with van der Waals surface area (Å²) in [6.45, 7) is 14.5. The largest absolute Gasteiger partial charge is 0.496 e. The van der Waals surface area contributed by atoms with Gasteiger partial charge in [0.25, 0.3) is 20.2 Å². The number of carbonyl (C=O) groups is 3. The summed E-state index contributed by atoms with van der Waals surface area (Å²) in [5.74, 6) is -4.37. The second-order valence-electron chi connectivity index (χ2n) is 16.5. The molecule has 0 spiro atoms. The number of benzene rings is 2. The molecule has 7 N–H and O–H groups in total. The molecule has 0 saturated carbocycles. The minimum atomic E-state index is -4.83. The summed E-state index contributed by atoms with van der Waals surface area (Å²) in [5, 5.41) is 6.95. The molecule has 346 valence electrons. The highest BCUT2D eigenvalue weighted by atomic mass is 32.2. The van der Waals surface area contributed by atoms with Crippen LogP contribution >= 0.6 is 0 Å². The molecule has 4 rings (SSSR count). The Morgan fingerprint density at radius 2 is 1.48 bits per heavy atom. The fraction of sp³-hybridized carbons (Fsp3) is 0.463. The summed E-state index contributed by atoms with van der Waals surface area (Å²) < 4.78 is 96.8. The maximum absolute atomic E-state index is 13.0. The summed E-state index contributed by atoms with van der Waals surface area (Å²) in [6, 6.07) is 5.22. The highest BCUT2D eigenvalue weighted by molar-refractivity contribution is 7.86. The third-order valence-corrected chi connectivity index (χ3v) is 12.3. The molecule has 2 aliphatic rings. The third-order valence-electron chi connectivity index (χ3n) is 10.8. The van der Waals surface area contributed by atoms with E-state index in [9.17, 15) is 35.8 Å². The molecule has 22 heteroatoms. The number of fused-ring (bicyclic) bond motifs is 2. The van der Waals surface area contributed by atoms with Gasteiger partial charge in [-0.05, 0) is 61.6 Å². The van der Waals surface area contributed by atoms with Crippen LogP contribution in [0.5, 0.6) is 5.75 Å². The Hall–Kier alpha value is -5.26. The number of allylic oxidation sites excluding steroid dienone is 6. The van der Waals surface area contributed by atoms with Crippen LogP contribution in [0.15, 0.2) is 66.4 Å². The molecule has 0 fully saturated rings. The van der Waals surface area contributed by atoms with E-state index in [-0.39, 0.29) is 12.0 Å². The van der Waals surface area contributed by atoms with Crippen molar-refractivity contribution < 1.29 is 62.3 Å². The predicted molar refractivity (Wildman–Crippen MR) is 237 cm³/mol. The number of ether oxygens (including phenoxy) is 1. The Labute approximate surface area is 370 Å². The molecule has 2 aromatic carbocycles. The van der Waals surface area contributed by atoms with Crippen LogP contribution < -0.4 is 31.3 Å². The van der Waals surface area contributed by atoms with Crippen molar-refractivity contribution in [2.75, 3.05) is 37.6 Å². The van der Waals surface area contributed by atoms with Gasteiger partial charge >= 0.3 is 10.6 Å². The van der Waals surface area contributed by atoms with Crippen molar-refractivity contribution in [1.82, 2.24) is 16.0 Å². The molecule has 0 radical (unpaired) electrons. The molecule has 63 heavy (non-hydrogen) atoms. The van der Waals surface area contributed by atoms with Crippen molar-refractivity contribution in [2.24, 2.45) is 5.73 Å². The van der Waals surface area contributed by atoms with Gasteiger partial charge in [0.1, 0.15) is 36.7 Å². The third kappa shape index (κ3) is 13.4. The van der Waals surface area contributed by atoms with E-state index < -0.39 is 83.6 Å². The Bertz CT molecular complexity index is 2580. The average Bonchev–Trinajstić information content (AvgIpc) is 3.46. The van der Waals surface area contributed by atoms with Crippen molar-refractivity contribution in [2.45, 2.75) is 89.9 Å². The van der Waals surface area contributed by atoms with Gasteiger partial charge in [-0.1, -0.05) is 52.0 Å². The summed E-state index contributed by atoms with van der Waals surface area (Å²) in [7, 11) is -6.84. The number of rotatable bonds is 16. The highest BCUT2D eigenvalue weighted by Crippen LogP contribution is 2.50. The van der Waals surface area contributed by atoms with Gasteiger partial charge in [0, 0.05) is 54.2 Å². The molecule has 3 amide bonds. The molecule has 0 bridgehead atoms. The van der Waals surface area contributed by atoms with E-state index in [0.717, 1.165) is 34.0 Å². The van der Waals surface area contributed by atoms with Gasteiger partial charge in [-0.2, -0.15) is 21.4 Å². The van der Waals surface area contributed by atoms with Crippen molar-refractivity contribution in [3.63, 3.8) is 0 Å². The lowest BCUT2D eigenvalue weighted by Crippen LogP contribution is -2.57. The molecule has 3 atom stereocenters. The first-order valence-electron chi connectivity index (χ1n) is 19.5. The summed E-state index contributed by atoms with van der Waals surface area (Å²) >= 11 is 0. The molecule has 2 aliphatic heterocycles. The fourth-order valence-corrected chi connectivity index (χ4v) is 8.81. The van der Waals surface area contributed by atoms with Crippen LogP contribution in [-0.2, 0) is 62.6 Å². The highest BCUT2D eigenvalue weighted by Gasteiger charge is 2.43. The first-order valence-corrected chi connectivity index (χ1v) is 23.7. The van der Waals surface area contributed by atoms with Crippen LogP contribution in [0, 0.1) is 0 Å². The summed E-state index contributed by atoms with van der Waals surface area (Å²) in [4.78, 5) is 40.5. The lowest BCUT2D eigenvalue weighted by molar-refractivity contribution is -0.401. The van der Waals surface area contributed by atoms with Gasteiger partial charge in [0.15, 0.2) is 5.71 Å². The zero-order valence-electron chi connectivity index (χ0n) is 36.8. The smallest absolute Gasteiger partial charge is 0.425 e. The van der Waals surface area contributed by atoms with E-state index in [0.29, 0.717) is 5.92 Å². The Kier molecular flexibility index (Phi) is 16.9. The van der Waals surface area contributed by atoms with E-state index in [1.54, 1.807) is 7.11 Å². The number of methoxy groups -OCH3 is 1. The number of anilines is 1. The number of amides is 3. The van der Waals surface area contributed by atoms with Crippen LogP contribution in [0.2, 0.25) is 0 Å². The molecule has 2 heterocycles. The number of hydrogen-bond acceptors (Lipinski definition) is 13. The number of hydrogen-bond donors (Lipinski definition) is 6. The minimum absolute atomic E-state index is 0.0879. The predicted octanol–water partition coefficient (Wildman–Crippen LogP) is 1.95. The monoisotopic (exact) mass is 937 g/mol. The number of carbonyl (C=O) groups excluding carboxylic acids is 3. The number of nitrogens with two attached hydrogens (primary N) is 1. The average molecular weight is 938 g/mol. The zero-order valence-corrected chi connectivity index (χ0v) is 39.2. The quantitative estimate of drug-likeness (QED) is 0.0797. The molecular weight excluding hydrogens is 881 g/mol. The first kappa shape index (κ1) is 52.1. The van der Waals surface area contributed by atoms with Gasteiger partial charge in [0.2, 0.25) is 23.4 Å². The molecule has 19 nitrogen and oxygen atoms in total. The Morgan fingerprint density at radius 1 is 0.873 bits per heavy atom. The maximum atomic E-state index is 13.0. The summed E-state index contributed by atoms with van der Waals surface area (Å²) in [6.07, 6.45) is 10.3. The van der Waals surface area contributed by atoms with E-state index in [1.807, 2.05) is 48.8 Å². The van der Waals surface area contributed by atoms with Crippen LogP contribution in [0.3, 0.4) is 0 Å². The van der Waals surface area contributed by atoms with Crippen molar-refractivity contribution >= 4 is 65.7 Å². The molecule has 3 unspecified atom stereocenters. The molecule has 0 aromatic heterocycles. The fourth-order valence-electron chi connectivity index (χ4n) is 7.55. The number of likely N-dealkylation sites (N-methyl/N-ethyl adjacent to an activating group) is 1. The molecular formula is C41H57N6O13S3+. The number of nitrogens with one attached hydrogen (secondary N) is 3. The van der Waals surface area contributed by atoms with Crippen LogP contribution in [0.1, 0.15) is 76.6 Å². The topological polar surface area (TPSA) is 289 Å². The zero-order chi connectivity index (χ0) is 48.0. The second-order valence-corrected chi connectivity index (χ2v) is 19.9. The van der Waals surface area contributed by atoms with Gasteiger partial charge in [-0.25, -0.2) is 0 Å². The summed E-state index contributed by atoms with van der Waals surface area (Å²) in [5.41, 5.74) is 13.5. The van der Waals surface area contributed by atoms with Crippen LogP contribution in [0.25, 0.3) is 0 Å². The minimum Gasteiger partial charge on any atom is -0.496 e. The first-order chi connectivity index (χ1) is 28.9. The van der Waals surface area contributed by atoms with Crippen LogP contribution in [-0.4, -0.2) is 117 Å². The van der Waals surface area contributed by atoms with E-state index in [4.69, 9.17) is 27.6 Å². The van der Waals surface area contributed by atoms with Crippen molar-refractivity contribution in [3.05, 3.63) is 88.7 Å². The lowest BCUT2D eigenvalue weighted by atomic mass is 9.80. The van der Waals surface area contributed by atoms with E-state index in [1.165, 1.54) is 23.7 Å². The number of nitrogens with zero attached hydrogens (tertiary/aromatic N) is 2. The van der Waals surface area contributed by atoms with E-state index in [2.05, 4.69) is 93.0 Å². The van der Waals surface area contributed by atoms with E-state index >= 15 is 0 Å². The molecule has 0 saturated heterocycles.